The van der Waals surface area contributed by atoms with Crippen LogP contribution in [0.1, 0.15) is 28.3 Å². The molecule has 0 aliphatic rings. The molecular weight excluding hydrogens is 285 g/mol. The van der Waals surface area contributed by atoms with Crippen molar-refractivity contribution in [2.75, 3.05) is 0 Å². The fourth-order valence-electron chi connectivity index (χ4n) is 1.80. The maximum Gasteiger partial charge on any atom is 0.0468 e. The molecule has 1 aromatic heterocycles. The predicted octanol–water partition coefficient (Wildman–Crippen LogP) is 5.21. The fourth-order valence-corrected chi connectivity index (χ4v) is 3.21. The van der Waals surface area contributed by atoms with Crippen LogP contribution in [0.15, 0.2) is 30.3 Å². The van der Waals surface area contributed by atoms with Gasteiger partial charge in [-0.25, -0.2) is 0 Å². The zero-order valence-electron chi connectivity index (χ0n) is 10.3. The molecule has 18 heavy (non-hydrogen) atoms. The molecule has 0 aliphatic heterocycles. The maximum absolute atomic E-state index is 6.19. The van der Waals surface area contributed by atoms with Crippen molar-refractivity contribution >= 4 is 34.5 Å². The van der Waals surface area contributed by atoms with Gasteiger partial charge in [0, 0.05) is 32.4 Å². The van der Waals surface area contributed by atoms with Gasteiger partial charge in [-0.15, -0.1) is 11.3 Å². The first-order chi connectivity index (χ1) is 8.56. The van der Waals surface area contributed by atoms with E-state index in [9.17, 15) is 0 Å². The van der Waals surface area contributed by atoms with Crippen molar-refractivity contribution in [2.45, 2.75) is 26.4 Å². The number of hydrogen-bond donors (Lipinski definition) is 1. The van der Waals surface area contributed by atoms with Crippen molar-refractivity contribution < 1.29 is 0 Å². The van der Waals surface area contributed by atoms with E-state index >= 15 is 0 Å². The molecule has 0 saturated heterocycles. The summed E-state index contributed by atoms with van der Waals surface area (Å²) in [7, 11) is 0. The Labute approximate surface area is 122 Å². The van der Waals surface area contributed by atoms with Crippen LogP contribution in [0.25, 0.3) is 0 Å². The predicted molar refractivity (Wildman–Crippen MR) is 80.8 cm³/mol. The van der Waals surface area contributed by atoms with Crippen LogP contribution in [0.2, 0.25) is 10.0 Å². The number of thiophene rings is 1. The molecule has 0 saturated carbocycles. The lowest BCUT2D eigenvalue weighted by atomic mass is 10.1. The van der Waals surface area contributed by atoms with E-state index in [1.807, 2.05) is 23.5 Å². The van der Waals surface area contributed by atoms with Gasteiger partial charge in [0.1, 0.15) is 0 Å². The van der Waals surface area contributed by atoms with Gasteiger partial charge in [-0.05, 0) is 43.7 Å². The fraction of sp³-hybridized carbons (Fsp3) is 0.286. The van der Waals surface area contributed by atoms with Crippen LogP contribution in [0.4, 0.5) is 0 Å². The van der Waals surface area contributed by atoms with Gasteiger partial charge < -0.3 is 5.32 Å². The van der Waals surface area contributed by atoms with Crippen molar-refractivity contribution in [1.82, 2.24) is 5.32 Å². The van der Waals surface area contributed by atoms with Gasteiger partial charge in [0.15, 0.2) is 0 Å². The molecule has 1 nitrogen and oxygen atoms in total. The van der Waals surface area contributed by atoms with Crippen LogP contribution in [0, 0.1) is 6.92 Å². The molecular formula is C14H15Cl2NS. The van der Waals surface area contributed by atoms with Crippen LogP contribution in [0.5, 0.6) is 0 Å². The highest BCUT2D eigenvalue weighted by molar-refractivity contribution is 7.11. The number of aryl methyl sites for hydroxylation is 1. The lowest BCUT2D eigenvalue weighted by Gasteiger charge is -2.15. The molecule has 1 unspecified atom stereocenters. The van der Waals surface area contributed by atoms with E-state index in [1.165, 1.54) is 9.75 Å². The molecule has 96 valence electrons. The molecule has 4 heteroatoms. The lowest BCUT2D eigenvalue weighted by Crippen LogP contribution is -2.17. The van der Waals surface area contributed by atoms with E-state index in [-0.39, 0.29) is 6.04 Å². The number of benzene rings is 1. The Balaban J connectivity index is 2.01. The topological polar surface area (TPSA) is 12.0 Å². The minimum Gasteiger partial charge on any atom is -0.305 e. The Hall–Kier alpha value is -0.540. The van der Waals surface area contributed by atoms with Crippen molar-refractivity contribution in [3.63, 3.8) is 0 Å². The van der Waals surface area contributed by atoms with Gasteiger partial charge >= 0.3 is 0 Å². The Bertz CT molecular complexity index is 536. The Morgan fingerprint density at radius 2 is 2.00 bits per heavy atom. The minimum atomic E-state index is 0.206. The molecule has 1 heterocycles. The average Bonchev–Trinajstić information content (AvgIpc) is 2.72. The molecule has 2 rings (SSSR count). The molecule has 0 fully saturated rings. The summed E-state index contributed by atoms with van der Waals surface area (Å²) >= 11 is 13.9. The average molecular weight is 300 g/mol. The van der Waals surface area contributed by atoms with Crippen LogP contribution < -0.4 is 5.32 Å². The summed E-state index contributed by atoms with van der Waals surface area (Å²) in [5, 5.41) is 4.86. The zero-order chi connectivity index (χ0) is 13.1. The summed E-state index contributed by atoms with van der Waals surface area (Å²) in [6.07, 6.45) is 0. The van der Waals surface area contributed by atoms with Crippen molar-refractivity contribution in [3.8, 4) is 0 Å². The molecule has 1 atom stereocenters. The first-order valence-corrected chi connectivity index (χ1v) is 7.37. The number of nitrogens with one attached hydrogen (secondary N) is 1. The van der Waals surface area contributed by atoms with E-state index in [2.05, 4.69) is 31.3 Å². The van der Waals surface area contributed by atoms with Crippen LogP contribution >= 0.6 is 34.5 Å². The maximum atomic E-state index is 6.19. The quantitative estimate of drug-likeness (QED) is 0.817. The monoisotopic (exact) mass is 299 g/mol. The zero-order valence-corrected chi connectivity index (χ0v) is 12.7. The van der Waals surface area contributed by atoms with Crippen LogP contribution in [-0.2, 0) is 6.54 Å². The van der Waals surface area contributed by atoms with E-state index in [4.69, 9.17) is 23.2 Å². The second-order valence-electron chi connectivity index (χ2n) is 4.28. The molecule has 0 amide bonds. The summed E-state index contributed by atoms with van der Waals surface area (Å²) in [5.41, 5.74) is 1.08. The van der Waals surface area contributed by atoms with Gasteiger partial charge in [0.05, 0.1) is 0 Å². The van der Waals surface area contributed by atoms with Crippen molar-refractivity contribution in [2.24, 2.45) is 0 Å². The molecule has 1 aromatic carbocycles. The molecule has 0 radical (unpaired) electrons. The third-order valence-electron chi connectivity index (χ3n) is 2.81. The Kier molecular flexibility index (Phi) is 4.68. The van der Waals surface area contributed by atoms with E-state index in [1.54, 1.807) is 6.07 Å². The highest BCUT2D eigenvalue weighted by atomic mass is 35.5. The summed E-state index contributed by atoms with van der Waals surface area (Å²) in [5.74, 6) is 0. The van der Waals surface area contributed by atoms with E-state index < -0.39 is 0 Å². The SMILES string of the molecule is Cc1ccc(CNC(C)c2ccc(Cl)cc2Cl)s1. The van der Waals surface area contributed by atoms with E-state index in [0.717, 1.165) is 12.1 Å². The highest BCUT2D eigenvalue weighted by Crippen LogP contribution is 2.26. The van der Waals surface area contributed by atoms with Crippen LogP contribution in [0.3, 0.4) is 0 Å². The molecule has 1 N–H and O–H groups in total. The summed E-state index contributed by atoms with van der Waals surface area (Å²) in [6.45, 7) is 5.09. The van der Waals surface area contributed by atoms with Crippen LogP contribution in [-0.4, -0.2) is 0 Å². The molecule has 2 aromatic rings. The second-order valence-corrected chi connectivity index (χ2v) is 6.50. The summed E-state index contributed by atoms with van der Waals surface area (Å²) in [6, 6.07) is 10.1. The molecule has 0 bridgehead atoms. The van der Waals surface area contributed by atoms with Gasteiger partial charge in [0.25, 0.3) is 0 Å². The third-order valence-corrected chi connectivity index (χ3v) is 4.37. The Morgan fingerprint density at radius 3 is 2.61 bits per heavy atom. The smallest absolute Gasteiger partial charge is 0.0468 e. The summed E-state index contributed by atoms with van der Waals surface area (Å²) in [4.78, 5) is 2.67. The third kappa shape index (κ3) is 3.48. The van der Waals surface area contributed by atoms with E-state index in [0.29, 0.717) is 10.0 Å². The van der Waals surface area contributed by atoms with Crippen molar-refractivity contribution in [3.05, 3.63) is 55.7 Å². The first-order valence-electron chi connectivity index (χ1n) is 5.80. The number of halogens is 2. The standard InChI is InChI=1S/C14H15Cl2NS/c1-9-3-5-12(18-9)8-17-10(2)13-6-4-11(15)7-14(13)16/h3-7,10,17H,8H2,1-2H3. The second kappa shape index (κ2) is 6.07. The van der Waals surface area contributed by atoms with Gasteiger partial charge in [0.2, 0.25) is 0 Å². The van der Waals surface area contributed by atoms with Gasteiger partial charge in [-0.2, -0.15) is 0 Å². The highest BCUT2D eigenvalue weighted by Gasteiger charge is 2.09. The molecule has 0 aliphatic carbocycles. The molecule has 0 spiro atoms. The normalized spacial score (nSPS) is 12.7. The summed E-state index contributed by atoms with van der Waals surface area (Å²) < 4.78 is 0. The first kappa shape index (κ1) is 13.9. The lowest BCUT2D eigenvalue weighted by molar-refractivity contribution is 0.579. The van der Waals surface area contributed by atoms with Crippen molar-refractivity contribution in [1.29, 1.82) is 0 Å². The minimum absolute atomic E-state index is 0.206. The number of rotatable bonds is 4. The van der Waals surface area contributed by atoms with Gasteiger partial charge in [-0.1, -0.05) is 29.3 Å². The number of hydrogen-bond acceptors (Lipinski definition) is 2. The van der Waals surface area contributed by atoms with Gasteiger partial charge in [-0.3, -0.25) is 0 Å². The Morgan fingerprint density at radius 1 is 1.22 bits per heavy atom. The largest absolute Gasteiger partial charge is 0.305 e.